The van der Waals surface area contributed by atoms with Crippen LogP contribution in [0.4, 0.5) is 11.4 Å². The van der Waals surface area contributed by atoms with E-state index < -0.39 is 10.5 Å². The third-order valence-electron chi connectivity index (χ3n) is 4.61. The number of pyridine rings is 1. The van der Waals surface area contributed by atoms with E-state index in [1.807, 2.05) is 13.0 Å². The van der Waals surface area contributed by atoms with Crippen molar-refractivity contribution >= 4 is 17.6 Å². The van der Waals surface area contributed by atoms with Crippen molar-refractivity contribution in [2.45, 2.75) is 40.2 Å². The fourth-order valence-electron chi connectivity index (χ4n) is 2.84. The highest BCUT2D eigenvalue weighted by atomic mass is 16.6. The van der Waals surface area contributed by atoms with Gasteiger partial charge in [0, 0.05) is 12.3 Å². The molecule has 9 heteroatoms. The molecule has 9 nitrogen and oxygen atoms in total. The van der Waals surface area contributed by atoms with E-state index in [1.165, 1.54) is 25.3 Å². The molecule has 1 atom stereocenters. The second kappa shape index (κ2) is 9.01. The van der Waals surface area contributed by atoms with Gasteiger partial charge in [-0.25, -0.2) is 4.99 Å². The lowest BCUT2D eigenvalue weighted by atomic mass is 10.0. The van der Waals surface area contributed by atoms with Gasteiger partial charge in [-0.15, -0.1) is 0 Å². The van der Waals surface area contributed by atoms with Crippen LogP contribution in [0.5, 0.6) is 11.6 Å². The number of nitro groups is 1. The van der Waals surface area contributed by atoms with Crippen LogP contribution in [-0.4, -0.2) is 27.4 Å². The van der Waals surface area contributed by atoms with E-state index in [0.717, 1.165) is 4.57 Å². The van der Waals surface area contributed by atoms with Crippen molar-refractivity contribution in [1.82, 2.24) is 4.57 Å². The number of rotatable bonds is 7. The van der Waals surface area contributed by atoms with E-state index in [1.54, 1.807) is 19.9 Å². The largest absolute Gasteiger partial charge is 0.494 e. The molecule has 0 saturated heterocycles. The van der Waals surface area contributed by atoms with E-state index in [9.17, 15) is 25.3 Å². The van der Waals surface area contributed by atoms with Crippen LogP contribution in [0.1, 0.15) is 49.9 Å². The summed E-state index contributed by atoms with van der Waals surface area (Å²) in [6.45, 7) is 7.24. The summed E-state index contributed by atoms with van der Waals surface area (Å²) in [6, 6.07) is 5.78. The molecule has 0 saturated carbocycles. The Morgan fingerprint density at radius 3 is 2.69 bits per heavy atom. The summed E-state index contributed by atoms with van der Waals surface area (Å²) in [5, 5.41) is 31.4. The Morgan fingerprint density at radius 2 is 2.14 bits per heavy atom. The zero-order valence-corrected chi connectivity index (χ0v) is 16.7. The quantitative estimate of drug-likeness (QED) is 0.429. The lowest BCUT2D eigenvalue weighted by Crippen LogP contribution is -2.27. The maximum absolute atomic E-state index is 12.5. The second-order valence-corrected chi connectivity index (χ2v) is 6.38. The van der Waals surface area contributed by atoms with Gasteiger partial charge in [0.25, 0.3) is 11.2 Å². The topological polar surface area (TPSA) is 131 Å². The van der Waals surface area contributed by atoms with Crippen molar-refractivity contribution in [2.24, 2.45) is 4.99 Å². The Labute approximate surface area is 167 Å². The average molecular weight is 398 g/mol. The lowest BCUT2D eigenvalue weighted by Gasteiger charge is -2.18. The van der Waals surface area contributed by atoms with Crippen LogP contribution < -0.4 is 10.3 Å². The standard InChI is InChI=1S/C20H22N4O5/c1-5-12(3)23-19(25)15(10-21)13(4)16(20(23)26)11-22-17-8-7-14(29-6-2)9-18(17)24(27)28/h7-9,11-12,26H,5-6H2,1-4H3. The van der Waals surface area contributed by atoms with Gasteiger partial charge in [0.1, 0.15) is 23.1 Å². The van der Waals surface area contributed by atoms with Crippen LogP contribution in [-0.2, 0) is 0 Å². The van der Waals surface area contributed by atoms with Crippen LogP contribution in [0.25, 0.3) is 0 Å². The van der Waals surface area contributed by atoms with Crippen molar-refractivity contribution in [1.29, 1.82) is 5.26 Å². The van der Waals surface area contributed by atoms with Crippen molar-refractivity contribution in [3.8, 4) is 17.7 Å². The van der Waals surface area contributed by atoms with Gasteiger partial charge in [0.15, 0.2) is 0 Å². The zero-order valence-electron chi connectivity index (χ0n) is 16.7. The van der Waals surface area contributed by atoms with E-state index in [2.05, 4.69) is 4.99 Å². The molecule has 1 aromatic carbocycles. The molecule has 0 bridgehead atoms. The third kappa shape index (κ3) is 4.27. The first-order valence-electron chi connectivity index (χ1n) is 9.10. The maximum atomic E-state index is 12.5. The predicted molar refractivity (Wildman–Crippen MR) is 108 cm³/mol. The minimum absolute atomic E-state index is 0.0528. The minimum Gasteiger partial charge on any atom is -0.494 e. The number of hydrogen-bond donors (Lipinski definition) is 1. The van der Waals surface area contributed by atoms with Crippen molar-refractivity contribution < 1.29 is 14.8 Å². The molecule has 0 fully saturated rings. The first-order chi connectivity index (χ1) is 13.8. The fraction of sp³-hybridized carbons (Fsp3) is 0.350. The summed E-state index contributed by atoms with van der Waals surface area (Å²) in [5.41, 5.74) is -0.486. The first kappa shape index (κ1) is 21.6. The summed E-state index contributed by atoms with van der Waals surface area (Å²) in [5.74, 6) is 0.00690. The highest BCUT2D eigenvalue weighted by Crippen LogP contribution is 2.32. The van der Waals surface area contributed by atoms with E-state index in [-0.39, 0.29) is 40.0 Å². The molecule has 152 valence electrons. The molecule has 1 heterocycles. The molecule has 1 aromatic heterocycles. The number of ether oxygens (including phenoxy) is 1. The molecule has 0 aliphatic carbocycles. The Balaban J connectivity index is 2.66. The van der Waals surface area contributed by atoms with Crippen molar-refractivity contribution in [3.05, 3.63) is 55.4 Å². The Morgan fingerprint density at radius 1 is 1.45 bits per heavy atom. The third-order valence-corrected chi connectivity index (χ3v) is 4.61. The van der Waals surface area contributed by atoms with Gasteiger partial charge in [-0.05, 0) is 44.9 Å². The molecule has 2 rings (SSSR count). The number of hydrogen-bond acceptors (Lipinski definition) is 7. The number of nitro benzene ring substituents is 1. The summed E-state index contributed by atoms with van der Waals surface area (Å²) in [6.07, 6.45) is 1.79. The number of nitriles is 1. The van der Waals surface area contributed by atoms with E-state index in [0.29, 0.717) is 18.8 Å². The fourth-order valence-corrected chi connectivity index (χ4v) is 2.84. The van der Waals surface area contributed by atoms with Gasteiger partial charge in [0.05, 0.1) is 23.2 Å². The van der Waals surface area contributed by atoms with Gasteiger partial charge in [0.2, 0.25) is 5.88 Å². The van der Waals surface area contributed by atoms with Crippen LogP contribution in [0, 0.1) is 28.4 Å². The second-order valence-electron chi connectivity index (χ2n) is 6.38. The number of aromatic nitrogens is 1. The van der Waals surface area contributed by atoms with E-state index >= 15 is 0 Å². The average Bonchev–Trinajstić information content (AvgIpc) is 2.68. The smallest absolute Gasteiger partial charge is 0.298 e. The molecular weight excluding hydrogens is 376 g/mol. The lowest BCUT2D eigenvalue weighted by molar-refractivity contribution is -0.384. The molecule has 0 spiro atoms. The van der Waals surface area contributed by atoms with Crippen LogP contribution in [0.2, 0.25) is 0 Å². The van der Waals surface area contributed by atoms with Gasteiger partial charge in [-0.2, -0.15) is 5.26 Å². The summed E-state index contributed by atoms with van der Waals surface area (Å²) >= 11 is 0. The Bertz CT molecular complexity index is 1070. The van der Waals surface area contributed by atoms with Crippen molar-refractivity contribution in [2.75, 3.05) is 6.61 Å². The van der Waals surface area contributed by atoms with Crippen LogP contribution >= 0.6 is 0 Å². The van der Waals surface area contributed by atoms with Gasteiger partial charge < -0.3 is 9.84 Å². The first-order valence-corrected chi connectivity index (χ1v) is 9.10. The normalized spacial score (nSPS) is 12.0. The van der Waals surface area contributed by atoms with Crippen LogP contribution in [0.3, 0.4) is 0 Å². The highest BCUT2D eigenvalue weighted by molar-refractivity contribution is 5.88. The number of nitrogens with zero attached hydrogens (tertiary/aromatic N) is 4. The Hall–Kier alpha value is -3.67. The molecule has 0 radical (unpaired) electrons. The number of aliphatic imine (C=N–C) groups is 1. The predicted octanol–water partition coefficient (Wildman–Crippen LogP) is 3.76. The highest BCUT2D eigenvalue weighted by Gasteiger charge is 2.21. The zero-order chi connectivity index (χ0) is 21.7. The summed E-state index contributed by atoms with van der Waals surface area (Å²) < 4.78 is 6.42. The molecule has 0 amide bonds. The van der Waals surface area contributed by atoms with Crippen LogP contribution in [0.15, 0.2) is 28.0 Å². The molecular formula is C20H22N4O5. The molecule has 0 aliphatic rings. The molecule has 29 heavy (non-hydrogen) atoms. The summed E-state index contributed by atoms with van der Waals surface area (Å²) in [7, 11) is 0. The summed E-state index contributed by atoms with van der Waals surface area (Å²) in [4.78, 5) is 27.5. The monoisotopic (exact) mass is 398 g/mol. The minimum atomic E-state index is -0.582. The molecule has 2 aromatic rings. The maximum Gasteiger partial charge on any atom is 0.298 e. The molecule has 0 aliphatic heterocycles. The van der Waals surface area contributed by atoms with Gasteiger partial charge in [-0.3, -0.25) is 19.5 Å². The molecule has 1 unspecified atom stereocenters. The van der Waals surface area contributed by atoms with Gasteiger partial charge in [-0.1, -0.05) is 6.92 Å². The van der Waals surface area contributed by atoms with Crippen molar-refractivity contribution in [3.63, 3.8) is 0 Å². The Kier molecular flexibility index (Phi) is 6.72. The molecule has 1 N–H and O–H groups in total. The number of benzene rings is 1. The van der Waals surface area contributed by atoms with E-state index in [4.69, 9.17) is 4.74 Å². The van der Waals surface area contributed by atoms with Gasteiger partial charge >= 0.3 is 0 Å². The number of aromatic hydroxyl groups is 1. The SMILES string of the molecule is CCOc1ccc(N=Cc2c(C)c(C#N)c(=O)n(C(C)CC)c2O)c([N+](=O)[O-])c1.